The number of hydrogen-bond acceptors (Lipinski definition) is 5. The van der Waals surface area contributed by atoms with Crippen molar-refractivity contribution in [3.05, 3.63) is 53.6 Å². The first kappa shape index (κ1) is 16.9. The first-order valence-electron chi connectivity index (χ1n) is 7.71. The topological polar surface area (TPSA) is 81.9 Å². The van der Waals surface area contributed by atoms with Gasteiger partial charge >= 0.3 is 0 Å². The van der Waals surface area contributed by atoms with Crippen molar-refractivity contribution in [3.8, 4) is 17.1 Å². The van der Waals surface area contributed by atoms with Crippen molar-refractivity contribution in [2.75, 3.05) is 11.9 Å². The van der Waals surface area contributed by atoms with E-state index in [4.69, 9.17) is 16.3 Å². The number of halogens is 1. The molecule has 0 aliphatic rings. The zero-order valence-electron chi connectivity index (χ0n) is 13.5. The Morgan fingerprint density at radius 3 is 2.68 bits per heavy atom. The molecule has 8 heteroatoms. The molecular formula is C17H16ClN5O2. The normalized spacial score (nSPS) is 10.5. The van der Waals surface area contributed by atoms with Crippen LogP contribution in [0.15, 0.2) is 48.5 Å². The molecule has 128 valence electrons. The Hall–Kier alpha value is -2.93. The smallest absolute Gasteiger partial charge is 0.248 e. The zero-order valence-corrected chi connectivity index (χ0v) is 14.3. The number of carbonyl (C=O) groups is 1. The number of amides is 1. The van der Waals surface area contributed by atoms with Gasteiger partial charge in [-0.3, -0.25) is 4.79 Å². The van der Waals surface area contributed by atoms with Crippen LogP contribution in [0.2, 0.25) is 5.02 Å². The summed E-state index contributed by atoms with van der Waals surface area (Å²) in [6.45, 7) is 2.46. The fourth-order valence-corrected chi connectivity index (χ4v) is 2.41. The van der Waals surface area contributed by atoms with Gasteiger partial charge in [0.05, 0.1) is 11.6 Å². The molecule has 1 amide bonds. The molecule has 3 rings (SSSR count). The van der Waals surface area contributed by atoms with E-state index in [2.05, 4.69) is 20.7 Å². The number of ether oxygens (including phenoxy) is 1. The minimum atomic E-state index is -0.257. The summed E-state index contributed by atoms with van der Waals surface area (Å²) < 4.78 is 5.36. The molecule has 0 aliphatic carbocycles. The van der Waals surface area contributed by atoms with Gasteiger partial charge < -0.3 is 10.1 Å². The first-order chi connectivity index (χ1) is 12.2. The van der Waals surface area contributed by atoms with E-state index in [0.717, 1.165) is 5.75 Å². The van der Waals surface area contributed by atoms with Gasteiger partial charge in [0.15, 0.2) is 0 Å². The molecule has 0 saturated heterocycles. The number of hydrogen-bond donors (Lipinski definition) is 1. The van der Waals surface area contributed by atoms with Crippen LogP contribution >= 0.6 is 11.6 Å². The third-order valence-corrected chi connectivity index (χ3v) is 3.63. The van der Waals surface area contributed by atoms with Crippen LogP contribution in [0.4, 0.5) is 5.69 Å². The van der Waals surface area contributed by atoms with Crippen molar-refractivity contribution in [2.24, 2.45) is 0 Å². The van der Waals surface area contributed by atoms with Crippen LogP contribution in [0.5, 0.6) is 5.75 Å². The highest BCUT2D eigenvalue weighted by atomic mass is 35.5. The Balaban J connectivity index is 1.63. The molecule has 0 spiro atoms. The van der Waals surface area contributed by atoms with Gasteiger partial charge in [-0.2, -0.15) is 4.80 Å². The lowest BCUT2D eigenvalue weighted by Gasteiger charge is -2.06. The molecule has 0 saturated carbocycles. The highest BCUT2D eigenvalue weighted by molar-refractivity contribution is 6.33. The van der Waals surface area contributed by atoms with Crippen LogP contribution in [0.1, 0.15) is 6.92 Å². The van der Waals surface area contributed by atoms with E-state index in [9.17, 15) is 4.79 Å². The van der Waals surface area contributed by atoms with Gasteiger partial charge in [-0.05, 0) is 48.5 Å². The minimum Gasteiger partial charge on any atom is -0.494 e. The van der Waals surface area contributed by atoms with E-state index in [1.165, 1.54) is 4.80 Å². The lowest BCUT2D eigenvalue weighted by Crippen LogP contribution is -2.20. The molecule has 0 radical (unpaired) electrons. The largest absolute Gasteiger partial charge is 0.494 e. The number of rotatable bonds is 6. The van der Waals surface area contributed by atoms with Gasteiger partial charge in [-0.1, -0.05) is 23.7 Å². The molecule has 1 aromatic heterocycles. The Labute approximate surface area is 149 Å². The monoisotopic (exact) mass is 357 g/mol. The maximum Gasteiger partial charge on any atom is 0.248 e. The van der Waals surface area contributed by atoms with Crippen molar-refractivity contribution in [3.63, 3.8) is 0 Å². The van der Waals surface area contributed by atoms with E-state index in [1.54, 1.807) is 36.4 Å². The average Bonchev–Trinajstić information content (AvgIpc) is 3.05. The maximum absolute atomic E-state index is 12.1. The lowest BCUT2D eigenvalue weighted by atomic mass is 10.2. The standard InChI is InChI=1S/C17H16ClN5O2/c1-2-25-13-9-7-12(8-10-13)19-16(24)11-23-21-17(20-22-23)14-5-3-4-6-15(14)18/h3-10H,2,11H2,1H3,(H,19,24). The van der Waals surface area contributed by atoms with Crippen LogP contribution in [-0.4, -0.2) is 32.7 Å². The van der Waals surface area contributed by atoms with Crippen molar-refractivity contribution < 1.29 is 9.53 Å². The van der Waals surface area contributed by atoms with Gasteiger partial charge in [0.25, 0.3) is 0 Å². The SMILES string of the molecule is CCOc1ccc(NC(=O)Cn2nnc(-c3ccccc3Cl)n2)cc1. The number of nitrogens with one attached hydrogen (secondary N) is 1. The third kappa shape index (κ3) is 4.33. The van der Waals surface area contributed by atoms with E-state index >= 15 is 0 Å². The molecule has 0 atom stereocenters. The van der Waals surface area contributed by atoms with Crippen molar-refractivity contribution >= 4 is 23.2 Å². The van der Waals surface area contributed by atoms with Crippen LogP contribution in [-0.2, 0) is 11.3 Å². The van der Waals surface area contributed by atoms with Gasteiger partial charge in [0, 0.05) is 11.3 Å². The number of carbonyl (C=O) groups excluding carboxylic acids is 1. The van der Waals surface area contributed by atoms with Crippen molar-refractivity contribution in [1.82, 2.24) is 20.2 Å². The van der Waals surface area contributed by atoms with Gasteiger partial charge in [0.2, 0.25) is 11.7 Å². The van der Waals surface area contributed by atoms with Gasteiger partial charge in [-0.15, -0.1) is 10.2 Å². The number of benzene rings is 2. The Morgan fingerprint density at radius 2 is 1.96 bits per heavy atom. The fraction of sp³-hybridized carbons (Fsp3) is 0.176. The van der Waals surface area contributed by atoms with Crippen LogP contribution in [0.25, 0.3) is 11.4 Å². The molecule has 0 aliphatic heterocycles. The summed E-state index contributed by atoms with van der Waals surface area (Å²) in [6, 6.07) is 14.3. The number of aromatic nitrogens is 4. The fourth-order valence-electron chi connectivity index (χ4n) is 2.19. The second kappa shape index (κ2) is 7.76. The summed E-state index contributed by atoms with van der Waals surface area (Å²) >= 11 is 6.11. The lowest BCUT2D eigenvalue weighted by molar-refractivity contribution is -0.117. The molecule has 0 fully saturated rings. The Kier molecular flexibility index (Phi) is 5.25. The summed E-state index contributed by atoms with van der Waals surface area (Å²) in [5, 5.41) is 15.3. The quantitative estimate of drug-likeness (QED) is 0.733. The van der Waals surface area contributed by atoms with Crippen molar-refractivity contribution in [1.29, 1.82) is 0 Å². The zero-order chi connectivity index (χ0) is 17.6. The predicted octanol–water partition coefficient (Wildman–Crippen LogP) is 3.03. The van der Waals surface area contributed by atoms with Gasteiger partial charge in [0.1, 0.15) is 12.3 Å². The highest BCUT2D eigenvalue weighted by Gasteiger charge is 2.11. The van der Waals surface area contributed by atoms with Gasteiger partial charge in [-0.25, -0.2) is 0 Å². The summed E-state index contributed by atoms with van der Waals surface area (Å²) in [7, 11) is 0. The number of nitrogens with zero attached hydrogens (tertiary/aromatic N) is 4. The highest BCUT2D eigenvalue weighted by Crippen LogP contribution is 2.23. The molecule has 3 aromatic rings. The van der Waals surface area contributed by atoms with E-state index < -0.39 is 0 Å². The molecule has 1 heterocycles. The van der Waals surface area contributed by atoms with Crippen LogP contribution < -0.4 is 10.1 Å². The molecular weight excluding hydrogens is 342 g/mol. The van der Waals surface area contributed by atoms with E-state index in [0.29, 0.717) is 28.7 Å². The van der Waals surface area contributed by atoms with Crippen LogP contribution in [0.3, 0.4) is 0 Å². The summed E-state index contributed by atoms with van der Waals surface area (Å²) in [5.74, 6) is 0.870. The van der Waals surface area contributed by atoms with Crippen molar-refractivity contribution in [2.45, 2.75) is 13.5 Å². The Bertz CT molecular complexity index is 863. The molecule has 1 N–H and O–H groups in total. The summed E-state index contributed by atoms with van der Waals surface area (Å²) in [5.41, 5.74) is 1.34. The molecule has 0 unspecified atom stereocenters. The molecule has 25 heavy (non-hydrogen) atoms. The molecule has 2 aromatic carbocycles. The first-order valence-corrected chi connectivity index (χ1v) is 8.09. The second-order valence-corrected chi connectivity index (χ2v) is 5.54. The number of tetrazole rings is 1. The third-order valence-electron chi connectivity index (χ3n) is 3.30. The minimum absolute atomic E-state index is 0.0509. The number of anilines is 1. The molecule has 0 bridgehead atoms. The second-order valence-electron chi connectivity index (χ2n) is 5.13. The summed E-state index contributed by atoms with van der Waals surface area (Å²) in [6.07, 6.45) is 0. The predicted molar refractivity (Wildman–Crippen MR) is 94.5 cm³/mol. The van der Waals surface area contributed by atoms with E-state index in [1.807, 2.05) is 19.1 Å². The maximum atomic E-state index is 12.1. The van der Waals surface area contributed by atoms with Crippen LogP contribution in [0, 0.1) is 0 Å². The summed E-state index contributed by atoms with van der Waals surface area (Å²) in [4.78, 5) is 13.3. The molecule has 7 nitrogen and oxygen atoms in total. The van der Waals surface area contributed by atoms with E-state index in [-0.39, 0.29) is 12.5 Å². The average molecular weight is 358 g/mol. The Morgan fingerprint density at radius 1 is 1.20 bits per heavy atom.